The van der Waals surface area contributed by atoms with E-state index in [1.807, 2.05) is 18.7 Å². The molecule has 1 heterocycles. The molecule has 1 N–H and O–H groups in total. The molecule has 0 bridgehead atoms. The predicted molar refractivity (Wildman–Crippen MR) is 47.0 cm³/mol. The molecule has 1 rings (SSSR count). The Hall–Kier alpha value is -0.410. The van der Waals surface area contributed by atoms with E-state index in [1.54, 1.807) is 6.92 Å². The number of aliphatic hydroxyl groups excluding tert-OH is 1. The Morgan fingerprint density at radius 2 is 2.17 bits per heavy atom. The molecular weight excluding hydrogens is 154 g/mol. The monoisotopic (exact) mass is 171 g/mol. The predicted octanol–water partition coefficient (Wildman–Crippen LogP) is 0.421. The zero-order valence-corrected chi connectivity index (χ0v) is 8.00. The molecule has 3 heteroatoms. The Morgan fingerprint density at radius 1 is 1.58 bits per heavy atom. The van der Waals surface area contributed by atoms with Crippen LogP contribution in [0.3, 0.4) is 0 Å². The number of hydrogen-bond donors (Lipinski definition) is 1. The van der Waals surface area contributed by atoms with E-state index >= 15 is 0 Å². The van der Waals surface area contributed by atoms with Crippen LogP contribution in [0.1, 0.15) is 27.2 Å². The van der Waals surface area contributed by atoms with Crippen molar-refractivity contribution < 1.29 is 9.90 Å². The minimum Gasteiger partial charge on any atom is -0.392 e. The van der Waals surface area contributed by atoms with Crippen molar-refractivity contribution in [3.63, 3.8) is 0 Å². The van der Waals surface area contributed by atoms with Crippen molar-refractivity contribution in [2.45, 2.75) is 38.8 Å². The fourth-order valence-corrected chi connectivity index (χ4v) is 1.47. The van der Waals surface area contributed by atoms with Gasteiger partial charge in [0.05, 0.1) is 11.6 Å². The number of carbonyl (C=O) groups is 1. The van der Waals surface area contributed by atoms with E-state index in [4.69, 9.17) is 0 Å². The highest BCUT2D eigenvalue weighted by Gasteiger charge is 2.35. The van der Waals surface area contributed by atoms with Crippen LogP contribution in [0.25, 0.3) is 0 Å². The molecule has 0 radical (unpaired) electrons. The Balaban J connectivity index is 2.63. The van der Waals surface area contributed by atoms with E-state index in [0.717, 1.165) is 13.0 Å². The third-order valence-electron chi connectivity index (χ3n) is 2.82. The van der Waals surface area contributed by atoms with Crippen molar-refractivity contribution in [2.24, 2.45) is 0 Å². The van der Waals surface area contributed by atoms with E-state index in [-0.39, 0.29) is 11.9 Å². The van der Waals surface area contributed by atoms with Gasteiger partial charge >= 0.3 is 0 Å². The van der Waals surface area contributed by atoms with Gasteiger partial charge in [-0.3, -0.25) is 9.69 Å². The van der Waals surface area contributed by atoms with Crippen LogP contribution in [-0.4, -0.2) is 40.5 Å². The van der Waals surface area contributed by atoms with Crippen molar-refractivity contribution in [2.75, 3.05) is 13.1 Å². The summed E-state index contributed by atoms with van der Waals surface area (Å²) in [5, 5.41) is 9.29. The molecule has 12 heavy (non-hydrogen) atoms. The quantitative estimate of drug-likeness (QED) is 0.654. The maximum Gasteiger partial charge on any atom is 0.149 e. The van der Waals surface area contributed by atoms with E-state index in [0.29, 0.717) is 6.54 Å². The second-order valence-electron chi connectivity index (χ2n) is 4.00. The number of likely N-dealkylation sites (tertiary alicyclic amines) is 1. The van der Waals surface area contributed by atoms with E-state index in [1.165, 1.54) is 0 Å². The Bertz CT molecular complexity index is 189. The summed E-state index contributed by atoms with van der Waals surface area (Å²) in [5.74, 6) is 0.164. The van der Waals surface area contributed by atoms with Crippen LogP contribution in [-0.2, 0) is 4.79 Å². The molecule has 0 amide bonds. The molecule has 0 aliphatic carbocycles. The molecular formula is C9H17NO2. The topological polar surface area (TPSA) is 40.5 Å². The zero-order valence-electron chi connectivity index (χ0n) is 8.00. The second kappa shape index (κ2) is 3.15. The Morgan fingerprint density at radius 3 is 2.50 bits per heavy atom. The van der Waals surface area contributed by atoms with Gasteiger partial charge in [-0.25, -0.2) is 0 Å². The molecule has 70 valence electrons. The first kappa shape index (κ1) is 9.68. The van der Waals surface area contributed by atoms with Crippen molar-refractivity contribution in [1.82, 2.24) is 4.90 Å². The smallest absolute Gasteiger partial charge is 0.149 e. The first-order valence-corrected chi connectivity index (χ1v) is 4.38. The fraction of sp³-hybridized carbons (Fsp3) is 0.889. The highest BCUT2D eigenvalue weighted by molar-refractivity contribution is 5.85. The maximum atomic E-state index is 11.2. The minimum atomic E-state index is -0.405. The Labute approximate surface area is 73.4 Å². The number of Topliss-reactive ketones (excluding diaryl/α,β-unsaturated/α-hetero) is 1. The summed E-state index contributed by atoms with van der Waals surface area (Å²) in [6, 6.07) is 0. The van der Waals surface area contributed by atoms with Crippen molar-refractivity contribution in [3.8, 4) is 0 Å². The van der Waals surface area contributed by atoms with Gasteiger partial charge < -0.3 is 5.11 Å². The van der Waals surface area contributed by atoms with Gasteiger partial charge in [0.2, 0.25) is 0 Å². The molecule has 0 aromatic rings. The van der Waals surface area contributed by atoms with Crippen LogP contribution in [0.15, 0.2) is 0 Å². The normalized spacial score (nSPS) is 26.2. The molecule has 1 atom stereocenters. The fourth-order valence-electron chi connectivity index (χ4n) is 1.47. The summed E-state index contributed by atoms with van der Waals surface area (Å²) in [6.45, 7) is 6.88. The molecule has 0 saturated carbocycles. The lowest BCUT2D eigenvalue weighted by atomic mass is 9.98. The van der Waals surface area contributed by atoms with Crippen LogP contribution in [0, 0.1) is 0 Å². The van der Waals surface area contributed by atoms with Crippen LogP contribution in [0.4, 0.5) is 0 Å². The molecule has 1 aliphatic rings. The van der Waals surface area contributed by atoms with Gasteiger partial charge in [0.1, 0.15) is 5.78 Å². The standard InChI is InChI=1S/C9H17NO2/c1-7(11)9(2,3)10-5-4-8(12)6-10/h8,12H,4-6H2,1-3H3. The van der Waals surface area contributed by atoms with Crippen LogP contribution < -0.4 is 0 Å². The van der Waals surface area contributed by atoms with E-state index in [9.17, 15) is 9.90 Å². The lowest BCUT2D eigenvalue weighted by Gasteiger charge is -2.32. The van der Waals surface area contributed by atoms with Crippen molar-refractivity contribution >= 4 is 5.78 Å². The van der Waals surface area contributed by atoms with Gasteiger partial charge in [-0.15, -0.1) is 0 Å². The van der Waals surface area contributed by atoms with Gasteiger partial charge in [-0.1, -0.05) is 0 Å². The SMILES string of the molecule is CC(=O)C(C)(C)N1CCC(O)C1. The van der Waals surface area contributed by atoms with E-state index < -0.39 is 5.54 Å². The molecule has 0 aromatic carbocycles. The zero-order chi connectivity index (χ0) is 9.35. The average Bonchev–Trinajstić information content (AvgIpc) is 2.35. The summed E-state index contributed by atoms with van der Waals surface area (Å²) in [6.07, 6.45) is 0.542. The number of β-amino-alcohol motifs (C(OH)–C–C–N with tert-alkyl or cyclic N) is 1. The number of carbonyl (C=O) groups excluding carboxylic acids is 1. The van der Waals surface area contributed by atoms with Crippen LogP contribution in [0.5, 0.6) is 0 Å². The number of rotatable bonds is 2. The molecule has 3 nitrogen and oxygen atoms in total. The van der Waals surface area contributed by atoms with Crippen molar-refractivity contribution in [3.05, 3.63) is 0 Å². The number of aliphatic hydroxyl groups is 1. The second-order valence-corrected chi connectivity index (χ2v) is 4.00. The molecule has 1 unspecified atom stereocenters. The number of nitrogens with zero attached hydrogens (tertiary/aromatic N) is 1. The van der Waals surface area contributed by atoms with Gasteiger partial charge in [-0.2, -0.15) is 0 Å². The highest BCUT2D eigenvalue weighted by atomic mass is 16.3. The first-order chi connectivity index (χ1) is 5.44. The summed E-state index contributed by atoms with van der Waals surface area (Å²) in [4.78, 5) is 13.3. The first-order valence-electron chi connectivity index (χ1n) is 4.38. The number of hydrogen-bond acceptors (Lipinski definition) is 3. The van der Waals surface area contributed by atoms with E-state index in [2.05, 4.69) is 0 Å². The Kier molecular flexibility index (Phi) is 2.54. The molecule has 0 aromatic heterocycles. The maximum absolute atomic E-state index is 11.2. The number of ketones is 1. The lowest BCUT2D eigenvalue weighted by molar-refractivity contribution is -0.126. The van der Waals surface area contributed by atoms with Gasteiger partial charge in [0.25, 0.3) is 0 Å². The highest BCUT2D eigenvalue weighted by Crippen LogP contribution is 2.21. The minimum absolute atomic E-state index is 0.164. The third-order valence-corrected chi connectivity index (χ3v) is 2.82. The molecule has 1 aliphatic heterocycles. The molecule has 1 fully saturated rings. The van der Waals surface area contributed by atoms with Crippen LogP contribution in [0.2, 0.25) is 0 Å². The average molecular weight is 171 g/mol. The summed E-state index contributed by atoms with van der Waals surface area (Å²) in [7, 11) is 0. The summed E-state index contributed by atoms with van der Waals surface area (Å²) >= 11 is 0. The molecule has 0 spiro atoms. The van der Waals surface area contributed by atoms with Gasteiger partial charge in [0.15, 0.2) is 0 Å². The largest absolute Gasteiger partial charge is 0.392 e. The van der Waals surface area contributed by atoms with Gasteiger partial charge in [0, 0.05) is 13.1 Å². The molecule has 1 saturated heterocycles. The lowest BCUT2D eigenvalue weighted by Crippen LogP contribution is -2.48. The van der Waals surface area contributed by atoms with Gasteiger partial charge in [-0.05, 0) is 27.2 Å². The van der Waals surface area contributed by atoms with Crippen LogP contribution >= 0.6 is 0 Å². The van der Waals surface area contributed by atoms with Crippen molar-refractivity contribution in [1.29, 1.82) is 0 Å². The third kappa shape index (κ3) is 1.67. The summed E-state index contributed by atoms with van der Waals surface area (Å²) < 4.78 is 0. The summed E-state index contributed by atoms with van der Waals surface area (Å²) in [5.41, 5.74) is -0.405.